The number of nitrogens with zero attached hydrogens (tertiary/aromatic N) is 3. The van der Waals surface area contributed by atoms with Crippen LogP contribution in [0, 0.1) is 5.82 Å². The summed E-state index contributed by atoms with van der Waals surface area (Å²) < 4.78 is 15.3. The lowest BCUT2D eigenvalue weighted by Gasteiger charge is -2.15. The van der Waals surface area contributed by atoms with Gasteiger partial charge in [-0.2, -0.15) is 0 Å². The van der Waals surface area contributed by atoms with Crippen LogP contribution >= 0.6 is 11.3 Å². The second kappa shape index (κ2) is 8.28. The molecular formula is C23H23FN4OS. The van der Waals surface area contributed by atoms with E-state index in [9.17, 15) is 9.18 Å². The van der Waals surface area contributed by atoms with Crippen molar-refractivity contribution in [3.63, 3.8) is 0 Å². The number of rotatable bonds is 6. The highest BCUT2D eigenvalue weighted by Crippen LogP contribution is 2.32. The molecule has 0 saturated heterocycles. The zero-order valence-corrected chi connectivity index (χ0v) is 17.9. The highest BCUT2D eigenvalue weighted by atomic mass is 32.1. The number of amides is 1. The fraction of sp³-hybridized carbons (Fsp3) is 0.217. The molecular weight excluding hydrogens is 399 g/mol. The van der Waals surface area contributed by atoms with Crippen molar-refractivity contribution in [2.24, 2.45) is 0 Å². The van der Waals surface area contributed by atoms with Crippen LogP contribution in [0.3, 0.4) is 0 Å². The zero-order chi connectivity index (χ0) is 21.3. The lowest BCUT2D eigenvalue weighted by Crippen LogP contribution is -2.26. The molecule has 154 valence electrons. The molecule has 1 N–H and O–H groups in total. The Kier molecular flexibility index (Phi) is 5.55. The maximum atomic E-state index is 13.4. The summed E-state index contributed by atoms with van der Waals surface area (Å²) in [6.07, 6.45) is 0. The minimum atomic E-state index is -0.291. The number of aromatic nitrogens is 2. The summed E-state index contributed by atoms with van der Waals surface area (Å²) >= 11 is 1.38. The number of halogens is 1. The Morgan fingerprint density at radius 2 is 1.87 bits per heavy atom. The highest BCUT2D eigenvalue weighted by molar-refractivity contribution is 7.20. The number of hydrogen-bond acceptors (Lipinski definition) is 4. The molecule has 1 atom stereocenters. The van der Waals surface area contributed by atoms with Crippen molar-refractivity contribution in [1.29, 1.82) is 0 Å². The summed E-state index contributed by atoms with van der Waals surface area (Å²) in [5.74, 6) is 0.543. The van der Waals surface area contributed by atoms with Crippen LogP contribution in [0.4, 0.5) is 10.3 Å². The van der Waals surface area contributed by atoms with E-state index >= 15 is 0 Å². The standard InChI is InChI=1S/C23H23FN4OS/c1-15(16-7-5-4-6-8-16)14-25-21(29)20-13-19-22(30-20)28(23(26-19)27(2)3)18-11-9-17(24)10-12-18/h4-13,15H,14H2,1-3H3,(H,25,29). The van der Waals surface area contributed by atoms with Gasteiger partial charge < -0.3 is 10.2 Å². The molecule has 1 amide bonds. The first-order valence-corrected chi connectivity index (χ1v) is 10.5. The van der Waals surface area contributed by atoms with E-state index in [1.54, 1.807) is 12.1 Å². The molecule has 2 aromatic carbocycles. The Balaban J connectivity index is 1.60. The van der Waals surface area contributed by atoms with Crippen LogP contribution in [0.25, 0.3) is 16.0 Å². The van der Waals surface area contributed by atoms with Crippen LogP contribution < -0.4 is 10.2 Å². The Morgan fingerprint density at radius 1 is 1.17 bits per heavy atom. The van der Waals surface area contributed by atoms with Crippen molar-refractivity contribution >= 4 is 33.5 Å². The molecule has 7 heteroatoms. The second-order valence-electron chi connectivity index (χ2n) is 7.44. The average molecular weight is 423 g/mol. The molecule has 5 nitrogen and oxygen atoms in total. The van der Waals surface area contributed by atoms with E-state index in [1.807, 2.05) is 47.8 Å². The number of benzene rings is 2. The molecule has 4 aromatic rings. The van der Waals surface area contributed by atoms with Gasteiger partial charge in [-0.3, -0.25) is 9.36 Å². The molecule has 4 rings (SSSR count). The molecule has 0 saturated carbocycles. The first kappa shape index (κ1) is 20.1. The van der Waals surface area contributed by atoms with Gasteiger partial charge in [0.2, 0.25) is 5.95 Å². The van der Waals surface area contributed by atoms with E-state index in [0.717, 1.165) is 22.0 Å². The fourth-order valence-corrected chi connectivity index (χ4v) is 4.36. The molecule has 0 aliphatic carbocycles. The molecule has 2 heterocycles. The molecule has 1 unspecified atom stereocenters. The van der Waals surface area contributed by atoms with Gasteiger partial charge in [0.1, 0.15) is 16.2 Å². The van der Waals surface area contributed by atoms with Crippen LogP contribution in [0.15, 0.2) is 60.7 Å². The zero-order valence-electron chi connectivity index (χ0n) is 17.1. The number of fused-ring (bicyclic) bond motifs is 1. The van der Waals surface area contributed by atoms with Crippen molar-refractivity contribution in [1.82, 2.24) is 14.9 Å². The number of nitrogens with one attached hydrogen (secondary N) is 1. The van der Waals surface area contributed by atoms with Gasteiger partial charge in [-0.05, 0) is 41.8 Å². The number of thiophene rings is 1. The average Bonchev–Trinajstić information content (AvgIpc) is 3.31. The Bertz CT molecular complexity index is 1170. The minimum Gasteiger partial charge on any atom is -0.351 e. The number of carbonyl (C=O) groups is 1. The predicted octanol–water partition coefficient (Wildman–Crippen LogP) is 4.83. The highest BCUT2D eigenvalue weighted by Gasteiger charge is 2.20. The van der Waals surface area contributed by atoms with Crippen molar-refractivity contribution < 1.29 is 9.18 Å². The van der Waals surface area contributed by atoms with Gasteiger partial charge in [-0.15, -0.1) is 11.3 Å². The van der Waals surface area contributed by atoms with E-state index < -0.39 is 0 Å². The topological polar surface area (TPSA) is 50.2 Å². The molecule has 0 spiro atoms. The van der Waals surface area contributed by atoms with E-state index in [0.29, 0.717) is 11.4 Å². The third-order valence-electron chi connectivity index (χ3n) is 4.96. The fourth-order valence-electron chi connectivity index (χ4n) is 3.33. The first-order chi connectivity index (χ1) is 14.4. The maximum Gasteiger partial charge on any atom is 0.261 e. The third-order valence-corrected chi connectivity index (χ3v) is 6.07. The Labute approximate surface area is 178 Å². The van der Waals surface area contributed by atoms with Crippen LogP contribution in [-0.4, -0.2) is 36.1 Å². The van der Waals surface area contributed by atoms with Gasteiger partial charge in [0, 0.05) is 20.6 Å². The third kappa shape index (κ3) is 3.93. The van der Waals surface area contributed by atoms with Crippen LogP contribution in [0.1, 0.15) is 28.1 Å². The summed E-state index contributed by atoms with van der Waals surface area (Å²) in [7, 11) is 3.81. The van der Waals surface area contributed by atoms with Gasteiger partial charge in [0.15, 0.2) is 0 Å². The molecule has 30 heavy (non-hydrogen) atoms. The second-order valence-corrected chi connectivity index (χ2v) is 8.47. The van der Waals surface area contributed by atoms with Gasteiger partial charge in [-0.25, -0.2) is 9.37 Å². The minimum absolute atomic E-state index is 0.113. The molecule has 0 bridgehead atoms. The van der Waals surface area contributed by atoms with E-state index in [1.165, 1.54) is 29.0 Å². The van der Waals surface area contributed by atoms with Gasteiger partial charge in [0.05, 0.1) is 10.6 Å². The SMILES string of the molecule is CC(CNC(=O)c1cc2nc(N(C)C)n(-c3ccc(F)cc3)c2s1)c1ccccc1. The van der Waals surface area contributed by atoms with Gasteiger partial charge in [-0.1, -0.05) is 37.3 Å². The lowest BCUT2D eigenvalue weighted by atomic mass is 10.0. The molecule has 0 aliphatic rings. The summed E-state index contributed by atoms with van der Waals surface area (Å²) in [5, 5.41) is 3.03. The van der Waals surface area contributed by atoms with Gasteiger partial charge in [0.25, 0.3) is 5.91 Å². The Hall–Kier alpha value is -3.19. The van der Waals surface area contributed by atoms with Crippen molar-refractivity contribution in [3.8, 4) is 5.69 Å². The largest absolute Gasteiger partial charge is 0.351 e. The van der Waals surface area contributed by atoms with Crippen LogP contribution in [0.2, 0.25) is 0 Å². The normalized spacial score (nSPS) is 12.1. The summed E-state index contributed by atoms with van der Waals surface area (Å²) in [4.78, 5) is 20.8. The Morgan fingerprint density at radius 3 is 2.53 bits per heavy atom. The number of imidazole rings is 1. The quantitative estimate of drug-likeness (QED) is 0.484. The van der Waals surface area contributed by atoms with Crippen molar-refractivity contribution in [2.75, 3.05) is 25.5 Å². The lowest BCUT2D eigenvalue weighted by molar-refractivity contribution is 0.0955. The summed E-state index contributed by atoms with van der Waals surface area (Å²) in [6, 6.07) is 18.2. The number of hydrogen-bond donors (Lipinski definition) is 1. The number of anilines is 1. The van der Waals surface area contributed by atoms with E-state index in [2.05, 4.69) is 29.4 Å². The molecule has 0 aliphatic heterocycles. The van der Waals surface area contributed by atoms with E-state index in [-0.39, 0.29) is 17.6 Å². The van der Waals surface area contributed by atoms with E-state index in [4.69, 9.17) is 0 Å². The first-order valence-electron chi connectivity index (χ1n) is 9.72. The summed E-state index contributed by atoms with van der Waals surface area (Å²) in [6.45, 7) is 2.65. The van der Waals surface area contributed by atoms with Crippen molar-refractivity contribution in [2.45, 2.75) is 12.8 Å². The molecule has 0 fully saturated rings. The number of carbonyl (C=O) groups excluding carboxylic acids is 1. The molecule has 0 radical (unpaired) electrons. The van der Waals surface area contributed by atoms with Crippen molar-refractivity contribution in [3.05, 3.63) is 76.9 Å². The molecule has 2 aromatic heterocycles. The van der Waals surface area contributed by atoms with Gasteiger partial charge >= 0.3 is 0 Å². The smallest absolute Gasteiger partial charge is 0.261 e. The monoisotopic (exact) mass is 422 g/mol. The maximum absolute atomic E-state index is 13.4. The predicted molar refractivity (Wildman–Crippen MR) is 120 cm³/mol. The van der Waals surface area contributed by atoms with Crippen LogP contribution in [-0.2, 0) is 0 Å². The summed E-state index contributed by atoms with van der Waals surface area (Å²) in [5.41, 5.74) is 2.73. The van der Waals surface area contributed by atoms with Crippen LogP contribution in [0.5, 0.6) is 0 Å².